The van der Waals surface area contributed by atoms with Crippen molar-refractivity contribution in [2.24, 2.45) is 0 Å². The third-order valence-corrected chi connectivity index (χ3v) is 4.87. The van der Waals surface area contributed by atoms with E-state index >= 15 is 0 Å². The van der Waals surface area contributed by atoms with Crippen LogP contribution in [0, 0.1) is 0 Å². The SMILES string of the molecule is O=C(O)CNC(=O)c1c(O)cc(SCc2ccccc2Cl)n2ncnc12. The van der Waals surface area contributed by atoms with Crippen molar-refractivity contribution in [1.29, 1.82) is 0 Å². The minimum atomic E-state index is -1.19. The van der Waals surface area contributed by atoms with Gasteiger partial charge in [0, 0.05) is 16.8 Å². The van der Waals surface area contributed by atoms with Gasteiger partial charge in [0.25, 0.3) is 5.91 Å². The van der Waals surface area contributed by atoms with Crippen molar-refractivity contribution in [3.05, 3.63) is 52.8 Å². The molecule has 3 rings (SSSR count). The largest absolute Gasteiger partial charge is 0.507 e. The number of carboxylic acid groups (broad SMARTS) is 1. The van der Waals surface area contributed by atoms with E-state index in [1.807, 2.05) is 18.2 Å². The average molecular weight is 393 g/mol. The number of pyridine rings is 1. The zero-order chi connectivity index (χ0) is 18.7. The van der Waals surface area contributed by atoms with Gasteiger partial charge in [-0.1, -0.05) is 29.8 Å². The molecule has 0 atom stereocenters. The summed E-state index contributed by atoms with van der Waals surface area (Å²) in [5.41, 5.74) is 0.913. The van der Waals surface area contributed by atoms with Crippen LogP contribution in [-0.2, 0) is 10.5 Å². The fourth-order valence-corrected chi connectivity index (χ4v) is 3.56. The van der Waals surface area contributed by atoms with E-state index in [2.05, 4.69) is 15.4 Å². The highest BCUT2D eigenvalue weighted by molar-refractivity contribution is 7.98. The number of amides is 1. The van der Waals surface area contributed by atoms with Gasteiger partial charge in [0.05, 0.1) is 0 Å². The monoisotopic (exact) mass is 392 g/mol. The minimum absolute atomic E-state index is 0.133. The van der Waals surface area contributed by atoms with Crippen molar-refractivity contribution < 1.29 is 19.8 Å². The second-order valence-corrected chi connectivity index (χ2v) is 6.60. The molecule has 3 N–H and O–H groups in total. The zero-order valence-electron chi connectivity index (χ0n) is 13.2. The van der Waals surface area contributed by atoms with Crippen LogP contribution >= 0.6 is 23.4 Å². The van der Waals surface area contributed by atoms with Crippen molar-refractivity contribution in [2.75, 3.05) is 6.54 Å². The maximum Gasteiger partial charge on any atom is 0.322 e. The molecule has 1 aromatic carbocycles. The Labute approximate surface area is 156 Å². The van der Waals surface area contributed by atoms with Gasteiger partial charge in [-0.05, 0) is 11.6 Å². The molecule has 0 aliphatic heterocycles. The molecule has 0 saturated heterocycles. The molecule has 2 heterocycles. The minimum Gasteiger partial charge on any atom is -0.507 e. The standard InChI is InChI=1S/C16H13ClN4O4S/c17-10-4-2-1-3-9(10)7-26-12-5-11(22)14(15-19-8-20-21(12)15)16(25)18-6-13(23)24/h1-5,8,22H,6-7H2,(H,18,25)(H,23,24). The molecule has 0 spiro atoms. The van der Waals surface area contributed by atoms with Crippen molar-refractivity contribution in [3.8, 4) is 5.75 Å². The van der Waals surface area contributed by atoms with Crippen LogP contribution in [0.1, 0.15) is 15.9 Å². The van der Waals surface area contributed by atoms with Crippen LogP contribution in [0.5, 0.6) is 5.75 Å². The first kappa shape index (κ1) is 18.0. The Hall–Kier alpha value is -2.78. The molecule has 134 valence electrons. The highest BCUT2D eigenvalue weighted by Gasteiger charge is 2.21. The van der Waals surface area contributed by atoms with Gasteiger partial charge in [-0.25, -0.2) is 9.50 Å². The normalized spacial score (nSPS) is 10.8. The van der Waals surface area contributed by atoms with Gasteiger partial charge in [-0.2, -0.15) is 5.10 Å². The maximum atomic E-state index is 12.2. The lowest BCUT2D eigenvalue weighted by atomic mass is 10.2. The number of halogens is 1. The van der Waals surface area contributed by atoms with Crippen LogP contribution in [-0.4, -0.2) is 43.2 Å². The Morgan fingerprint density at radius 1 is 1.31 bits per heavy atom. The zero-order valence-corrected chi connectivity index (χ0v) is 14.8. The van der Waals surface area contributed by atoms with Crippen LogP contribution in [0.4, 0.5) is 0 Å². The molecule has 2 aromatic heterocycles. The van der Waals surface area contributed by atoms with Crippen molar-refractivity contribution in [3.63, 3.8) is 0 Å². The first-order valence-electron chi connectivity index (χ1n) is 7.39. The Bertz CT molecular complexity index is 992. The lowest BCUT2D eigenvalue weighted by Gasteiger charge is -2.10. The number of nitrogens with zero attached hydrogens (tertiary/aromatic N) is 3. The Balaban J connectivity index is 1.91. The second kappa shape index (κ2) is 7.63. The first-order chi connectivity index (χ1) is 12.5. The van der Waals surface area contributed by atoms with Crippen LogP contribution in [0.2, 0.25) is 5.02 Å². The molecule has 1 amide bonds. The van der Waals surface area contributed by atoms with Crippen LogP contribution < -0.4 is 5.32 Å². The molecule has 26 heavy (non-hydrogen) atoms. The molecule has 0 bridgehead atoms. The lowest BCUT2D eigenvalue weighted by Crippen LogP contribution is -2.29. The molecular formula is C16H13ClN4O4S. The molecule has 3 aromatic rings. The van der Waals surface area contributed by atoms with E-state index in [-0.39, 0.29) is 17.0 Å². The third-order valence-electron chi connectivity index (χ3n) is 3.46. The third kappa shape index (κ3) is 3.73. The molecule has 0 aliphatic carbocycles. The second-order valence-electron chi connectivity index (χ2n) is 5.19. The molecule has 0 unspecified atom stereocenters. The molecule has 0 aliphatic rings. The van der Waals surface area contributed by atoms with Gasteiger partial charge in [0.2, 0.25) is 0 Å². The predicted octanol–water partition coefficient (Wildman–Crippen LogP) is 2.19. The summed E-state index contributed by atoms with van der Waals surface area (Å²) in [5.74, 6) is -1.72. The summed E-state index contributed by atoms with van der Waals surface area (Å²) in [5, 5.41) is 26.4. The summed E-state index contributed by atoms with van der Waals surface area (Å²) in [6.07, 6.45) is 1.25. The number of thioether (sulfide) groups is 1. The maximum absolute atomic E-state index is 12.2. The number of nitrogens with one attached hydrogen (secondary N) is 1. The predicted molar refractivity (Wildman–Crippen MR) is 95.6 cm³/mol. The number of aliphatic carboxylic acids is 1. The Morgan fingerprint density at radius 3 is 2.81 bits per heavy atom. The highest BCUT2D eigenvalue weighted by atomic mass is 35.5. The van der Waals surface area contributed by atoms with E-state index < -0.39 is 18.4 Å². The summed E-state index contributed by atoms with van der Waals surface area (Å²) in [4.78, 5) is 26.8. The number of fused-ring (bicyclic) bond motifs is 1. The number of carbonyl (C=O) groups is 2. The number of rotatable bonds is 6. The van der Waals surface area contributed by atoms with Crippen LogP contribution in [0.15, 0.2) is 41.7 Å². The van der Waals surface area contributed by atoms with Crippen LogP contribution in [0.25, 0.3) is 5.65 Å². The van der Waals surface area contributed by atoms with Crippen molar-refractivity contribution in [1.82, 2.24) is 19.9 Å². The fraction of sp³-hybridized carbons (Fsp3) is 0.125. The van der Waals surface area contributed by atoms with E-state index in [9.17, 15) is 14.7 Å². The summed E-state index contributed by atoms with van der Waals surface area (Å²) < 4.78 is 1.41. The van der Waals surface area contributed by atoms with Crippen LogP contribution in [0.3, 0.4) is 0 Å². The summed E-state index contributed by atoms with van der Waals surface area (Å²) in [7, 11) is 0. The number of aromatic hydroxyl groups is 1. The van der Waals surface area contributed by atoms with Gasteiger partial charge < -0.3 is 15.5 Å². The average Bonchev–Trinajstić information content (AvgIpc) is 3.08. The van der Waals surface area contributed by atoms with E-state index in [1.165, 1.54) is 28.7 Å². The molecule has 0 fully saturated rings. The highest BCUT2D eigenvalue weighted by Crippen LogP contribution is 2.31. The fourth-order valence-electron chi connectivity index (χ4n) is 2.27. The van der Waals surface area contributed by atoms with Gasteiger partial charge in [-0.15, -0.1) is 11.8 Å². The van der Waals surface area contributed by atoms with E-state index in [0.29, 0.717) is 15.8 Å². The van der Waals surface area contributed by atoms with Gasteiger partial charge in [0.15, 0.2) is 5.65 Å². The topological polar surface area (TPSA) is 117 Å². The molecule has 0 radical (unpaired) electrons. The molecule has 0 saturated carbocycles. The molecular weight excluding hydrogens is 380 g/mol. The number of aromatic nitrogens is 3. The van der Waals surface area contributed by atoms with E-state index in [0.717, 1.165) is 5.56 Å². The quantitative estimate of drug-likeness (QED) is 0.550. The number of benzene rings is 1. The van der Waals surface area contributed by atoms with Crippen molar-refractivity contribution in [2.45, 2.75) is 10.8 Å². The van der Waals surface area contributed by atoms with Gasteiger partial charge >= 0.3 is 5.97 Å². The smallest absolute Gasteiger partial charge is 0.322 e. The first-order valence-corrected chi connectivity index (χ1v) is 8.75. The van der Waals surface area contributed by atoms with Gasteiger partial charge in [-0.3, -0.25) is 9.59 Å². The summed E-state index contributed by atoms with van der Waals surface area (Å²) >= 11 is 7.51. The van der Waals surface area contributed by atoms with Gasteiger partial charge in [0.1, 0.15) is 29.2 Å². The summed E-state index contributed by atoms with van der Waals surface area (Å²) in [6.45, 7) is -0.568. The van der Waals surface area contributed by atoms with Crippen molar-refractivity contribution >= 4 is 40.9 Å². The Morgan fingerprint density at radius 2 is 2.08 bits per heavy atom. The number of hydrogen-bond acceptors (Lipinski definition) is 6. The molecule has 8 nitrogen and oxygen atoms in total. The number of carboxylic acids is 1. The summed E-state index contributed by atoms with van der Waals surface area (Å²) in [6, 6.07) is 8.78. The number of carbonyl (C=O) groups excluding carboxylic acids is 1. The Kier molecular flexibility index (Phi) is 5.29. The molecule has 10 heteroatoms. The lowest BCUT2D eigenvalue weighted by molar-refractivity contribution is -0.135. The number of hydrogen-bond donors (Lipinski definition) is 3. The van der Waals surface area contributed by atoms with E-state index in [1.54, 1.807) is 6.07 Å². The van der Waals surface area contributed by atoms with E-state index in [4.69, 9.17) is 16.7 Å².